The van der Waals surface area contributed by atoms with Gasteiger partial charge in [-0.05, 0) is 29.9 Å². The predicted octanol–water partition coefficient (Wildman–Crippen LogP) is 4.17. The maximum Gasteiger partial charge on any atom is 0.229 e. The standard InChI is InChI=1S/C21H28N2O2S/c1-3-20(24)23(18-8-5-4-6-9-18)21(25-2)12-15-22(16-13-21)14-11-19-10-7-17-26-19/h4-10,17H,3,11-16H2,1-2H3/i1D3,3D2,4D,5D,6D,8D,9D,11D2. The molecule has 0 bridgehead atoms. The molecule has 3 rings (SSSR count). The molecule has 1 saturated heterocycles. The summed E-state index contributed by atoms with van der Waals surface area (Å²) >= 11 is 1.27. The van der Waals surface area contributed by atoms with E-state index in [0.717, 1.165) is 0 Å². The third-order valence-electron chi connectivity index (χ3n) is 4.44. The molecular weight excluding hydrogens is 344 g/mol. The maximum absolute atomic E-state index is 13.7. The topological polar surface area (TPSA) is 32.8 Å². The molecular formula is C21H28N2O2S. The number of para-hydroxylation sites is 1. The lowest BCUT2D eigenvalue weighted by Crippen LogP contribution is -2.59. The zero-order chi connectivity index (χ0) is 28.8. The van der Waals surface area contributed by atoms with Gasteiger partial charge in [0.05, 0.1) is 6.85 Å². The number of benzene rings is 1. The summed E-state index contributed by atoms with van der Waals surface area (Å²) in [6.07, 6.45) is -5.30. The van der Waals surface area contributed by atoms with Gasteiger partial charge in [-0.25, -0.2) is 0 Å². The molecule has 4 nitrogen and oxygen atoms in total. The Labute approximate surface area is 177 Å². The number of likely N-dealkylation sites (tertiary alicyclic amines) is 1. The number of hydrogen-bond acceptors (Lipinski definition) is 4. The number of rotatable bonds is 7. The van der Waals surface area contributed by atoms with Gasteiger partial charge in [0.1, 0.15) is 5.72 Å². The number of carbonyl (C=O) groups is 1. The van der Waals surface area contributed by atoms with Crippen molar-refractivity contribution in [1.82, 2.24) is 4.90 Å². The summed E-state index contributed by atoms with van der Waals surface area (Å²) in [4.78, 5) is 16.5. The van der Waals surface area contributed by atoms with Crippen LogP contribution in [0.15, 0.2) is 47.7 Å². The highest BCUT2D eigenvalue weighted by Gasteiger charge is 2.42. The highest BCUT2D eigenvalue weighted by atomic mass is 32.1. The van der Waals surface area contributed by atoms with Crippen LogP contribution in [0.4, 0.5) is 5.69 Å². The van der Waals surface area contributed by atoms with Crippen LogP contribution in [-0.4, -0.2) is 43.3 Å². The van der Waals surface area contributed by atoms with Crippen molar-refractivity contribution in [2.24, 2.45) is 0 Å². The SMILES string of the molecule is [2H]c1c([2H])c([2H])c(N(C(=O)C([2H])([2H])C([2H])([2H])[2H])C2(OC)CCN(CC([2H])([2H])c3cccs3)CC2)c([2H])c1[2H]. The number of piperidine rings is 1. The third-order valence-corrected chi connectivity index (χ3v) is 5.27. The largest absolute Gasteiger partial charge is 0.358 e. The van der Waals surface area contributed by atoms with Crippen LogP contribution in [0.5, 0.6) is 0 Å². The molecule has 26 heavy (non-hydrogen) atoms. The molecule has 1 aliphatic rings. The van der Waals surface area contributed by atoms with Gasteiger partial charge in [-0.2, -0.15) is 0 Å². The molecule has 0 radical (unpaired) electrons. The summed E-state index contributed by atoms with van der Waals surface area (Å²) < 4.78 is 102. The number of carbonyl (C=O) groups excluding carboxylic acids is 1. The first-order valence-electron chi connectivity index (χ1n) is 14.1. The van der Waals surface area contributed by atoms with Gasteiger partial charge in [-0.3, -0.25) is 9.69 Å². The first-order valence-corrected chi connectivity index (χ1v) is 9.02. The lowest BCUT2D eigenvalue weighted by Gasteiger charge is -2.47. The summed E-state index contributed by atoms with van der Waals surface area (Å²) in [5, 5.41) is 1.77. The lowest BCUT2D eigenvalue weighted by atomic mass is 9.96. The van der Waals surface area contributed by atoms with Gasteiger partial charge in [0.2, 0.25) is 5.91 Å². The summed E-state index contributed by atoms with van der Waals surface area (Å²) in [6, 6.07) is -0.470. The Hall–Kier alpha value is -1.69. The number of amides is 1. The Balaban J connectivity index is 2.08. The molecule has 1 fully saturated rings. The zero-order valence-electron chi connectivity index (χ0n) is 26.4. The van der Waals surface area contributed by atoms with Crippen molar-refractivity contribution in [3.63, 3.8) is 0 Å². The molecule has 0 unspecified atom stereocenters. The fourth-order valence-corrected chi connectivity index (χ4v) is 3.66. The van der Waals surface area contributed by atoms with Crippen LogP contribution in [0.25, 0.3) is 0 Å². The van der Waals surface area contributed by atoms with E-state index < -0.39 is 67.1 Å². The molecule has 5 heteroatoms. The predicted molar refractivity (Wildman–Crippen MR) is 108 cm³/mol. The maximum atomic E-state index is 13.7. The highest BCUT2D eigenvalue weighted by Crippen LogP contribution is 2.34. The average molecular weight is 385 g/mol. The van der Waals surface area contributed by atoms with Crippen molar-refractivity contribution in [2.75, 3.05) is 31.6 Å². The van der Waals surface area contributed by atoms with E-state index in [1.165, 1.54) is 18.4 Å². The average Bonchev–Trinajstić information content (AvgIpc) is 3.40. The molecule has 0 aliphatic carbocycles. The van der Waals surface area contributed by atoms with Gasteiger partial charge in [0.15, 0.2) is 0 Å². The number of anilines is 1. The van der Waals surface area contributed by atoms with Crippen LogP contribution in [0, 0.1) is 0 Å². The van der Waals surface area contributed by atoms with Gasteiger partial charge in [-0.15, -0.1) is 11.3 Å². The lowest BCUT2D eigenvalue weighted by molar-refractivity contribution is -0.128. The molecule has 1 amide bonds. The van der Waals surface area contributed by atoms with Gasteiger partial charge in [-0.1, -0.05) is 31.0 Å². The van der Waals surface area contributed by atoms with Gasteiger partial charge in [0, 0.05) is 66.1 Å². The first kappa shape index (κ1) is 9.00. The van der Waals surface area contributed by atoms with E-state index >= 15 is 0 Å². The summed E-state index contributed by atoms with van der Waals surface area (Å²) in [7, 11) is 1.21. The van der Waals surface area contributed by atoms with Gasteiger partial charge in [0.25, 0.3) is 0 Å². The first-order chi connectivity index (χ1) is 17.4. The second-order valence-electron chi connectivity index (χ2n) is 5.82. The molecule has 2 heterocycles. The van der Waals surface area contributed by atoms with E-state index in [9.17, 15) is 4.79 Å². The van der Waals surface area contributed by atoms with E-state index in [1.807, 2.05) is 0 Å². The number of hydrogen-bond donors (Lipinski definition) is 0. The van der Waals surface area contributed by atoms with Crippen LogP contribution in [0.1, 0.15) is 47.4 Å². The van der Waals surface area contributed by atoms with E-state index in [1.54, 1.807) is 22.4 Å². The van der Waals surface area contributed by atoms with Gasteiger partial charge >= 0.3 is 0 Å². The Morgan fingerprint density at radius 3 is 2.81 bits per heavy atom. The molecule has 0 saturated carbocycles. The molecule has 0 spiro atoms. The number of methoxy groups -OCH3 is 1. The fourth-order valence-electron chi connectivity index (χ4n) is 3.05. The quantitative estimate of drug-likeness (QED) is 0.672. The summed E-state index contributed by atoms with van der Waals surface area (Å²) in [5.41, 5.74) is -2.45. The van der Waals surface area contributed by atoms with Crippen molar-refractivity contribution in [2.45, 2.75) is 38.2 Å². The minimum absolute atomic E-state index is 0.00597. The van der Waals surface area contributed by atoms with Crippen LogP contribution in [-0.2, 0) is 15.9 Å². The Morgan fingerprint density at radius 2 is 2.19 bits per heavy atom. The molecule has 1 aliphatic heterocycles. The monoisotopic (exact) mass is 384 g/mol. The fraction of sp³-hybridized carbons (Fsp3) is 0.476. The molecule has 140 valence electrons. The summed E-state index contributed by atoms with van der Waals surface area (Å²) in [6.45, 7) is -3.15. The van der Waals surface area contributed by atoms with Crippen molar-refractivity contribution in [1.29, 1.82) is 0 Å². The minimum Gasteiger partial charge on any atom is -0.358 e. The van der Waals surface area contributed by atoms with Crippen molar-refractivity contribution in [3.8, 4) is 0 Å². The van der Waals surface area contributed by atoms with Gasteiger partial charge < -0.3 is 9.64 Å². The normalized spacial score (nSPS) is 25.4. The molecule has 1 aromatic carbocycles. The number of ether oxygens (including phenoxy) is 1. The van der Waals surface area contributed by atoms with E-state index in [-0.39, 0.29) is 32.5 Å². The van der Waals surface area contributed by atoms with Crippen LogP contribution >= 0.6 is 11.3 Å². The smallest absolute Gasteiger partial charge is 0.229 e. The van der Waals surface area contributed by atoms with Crippen molar-refractivity contribution in [3.05, 3.63) is 52.6 Å². The molecule has 0 atom stereocenters. The van der Waals surface area contributed by atoms with Crippen LogP contribution in [0.2, 0.25) is 0 Å². The van der Waals surface area contributed by atoms with Crippen LogP contribution in [0.3, 0.4) is 0 Å². The van der Waals surface area contributed by atoms with Crippen molar-refractivity contribution < 1.29 is 26.0 Å². The van der Waals surface area contributed by atoms with Crippen molar-refractivity contribution >= 4 is 22.9 Å². The Morgan fingerprint density at radius 1 is 1.42 bits per heavy atom. The second kappa shape index (κ2) is 8.80. The second-order valence-corrected chi connectivity index (χ2v) is 6.77. The molecule has 0 N–H and O–H groups in total. The minimum atomic E-state index is -3.48. The molecule has 1 aromatic heterocycles. The highest BCUT2D eigenvalue weighted by molar-refractivity contribution is 7.09. The van der Waals surface area contributed by atoms with E-state index in [2.05, 4.69) is 0 Å². The number of nitrogens with zero attached hydrogens (tertiary/aromatic N) is 2. The van der Waals surface area contributed by atoms with E-state index in [0.29, 0.717) is 9.78 Å². The molecule has 2 aromatic rings. The summed E-state index contributed by atoms with van der Waals surface area (Å²) in [5.74, 6) is -1.62. The van der Waals surface area contributed by atoms with Crippen LogP contribution < -0.4 is 4.90 Å². The Kier molecular flexibility index (Phi) is 3.05. The Bertz CT molecular complexity index is 1150. The number of thiophene rings is 1. The third kappa shape index (κ3) is 4.17. The van der Waals surface area contributed by atoms with E-state index in [4.69, 9.17) is 21.2 Å². The zero-order valence-corrected chi connectivity index (χ0v) is 15.2.